The Balaban J connectivity index is 1.69. The van der Waals surface area contributed by atoms with Crippen LogP contribution in [-0.4, -0.2) is 24.2 Å². The summed E-state index contributed by atoms with van der Waals surface area (Å²) in [4.78, 5) is 0. The summed E-state index contributed by atoms with van der Waals surface area (Å²) in [6, 6.07) is 5.04. The van der Waals surface area contributed by atoms with E-state index < -0.39 is 0 Å². The van der Waals surface area contributed by atoms with Gasteiger partial charge in [0, 0.05) is 34.3 Å². The Kier molecular flexibility index (Phi) is 4.95. The van der Waals surface area contributed by atoms with Crippen LogP contribution in [0.5, 0.6) is 5.75 Å². The molecule has 0 aromatic heterocycles. The Morgan fingerprint density at radius 3 is 3.05 bits per heavy atom. The maximum Gasteiger partial charge on any atom is 0.127 e. The number of fused-ring (bicyclic) bond motifs is 1. The lowest BCUT2D eigenvalue weighted by atomic mass is 9.94. The van der Waals surface area contributed by atoms with Crippen LogP contribution in [0.3, 0.4) is 0 Å². The molecule has 4 heteroatoms. The fourth-order valence-corrected chi connectivity index (χ4v) is 4.85. The second-order valence-corrected chi connectivity index (χ2v) is 7.69. The van der Waals surface area contributed by atoms with E-state index >= 15 is 0 Å². The van der Waals surface area contributed by atoms with Crippen LogP contribution in [0.2, 0.25) is 0 Å². The number of halogens is 1. The van der Waals surface area contributed by atoms with Crippen LogP contribution in [0.4, 0.5) is 0 Å². The molecule has 20 heavy (non-hydrogen) atoms. The van der Waals surface area contributed by atoms with Crippen molar-refractivity contribution in [3.05, 3.63) is 27.7 Å². The fourth-order valence-electron chi connectivity index (χ4n) is 3.33. The monoisotopic (exact) mass is 355 g/mol. The summed E-state index contributed by atoms with van der Waals surface area (Å²) in [5.41, 5.74) is 2.65. The third kappa shape index (κ3) is 3.18. The molecule has 1 heterocycles. The van der Waals surface area contributed by atoms with E-state index in [1.165, 1.54) is 41.3 Å². The predicted octanol–water partition coefficient (Wildman–Crippen LogP) is 4.15. The first-order chi connectivity index (χ1) is 9.78. The molecule has 3 rings (SSSR count). The van der Waals surface area contributed by atoms with Gasteiger partial charge >= 0.3 is 0 Å². The first kappa shape index (κ1) is 14.7. The van der Waals surface area contributed by atoms with Crippen LogP contribution in [-0.2, 0) is 13.0 Å². The van der Waals surface area contributed by atoms with E-state index in [4.69, 9.17) is 4.74 Å². The number of ether oxygens (including phenoxy) is 1. The highest BCUT2D eigenvalue weighted by molar-refractivity contribution is 9.10. The Labute approximate surface area is 134 Å². The van der Waals surface area contributed by atoms with Crippen molar-refractivity contribution in [1.29, 1.82) is 0 Å². The molecular weight excluding hydrogens is 334 g/mol. The van der Waals surface area contributed by atoms with Gasteiger partial charge in [0.2, 0.25) is 0 Å². The van der Waals surface area contributed by atoms with Gasteiger partial charge in [-0.15, -0.1) is 0 Å². The first-order valence-electron chi connectivity index (χ1n) is 7.48. The molecule has 110 valence electrons. The molecule has 1 saturated carbocycles. The second kappa shape index (κ2) is 6.71. The highest BCUT2D eigenvalue weighted by atomic mass is 79.9. The van der Waals surface area contributed by atoms with Crippen LogP contribution < -0.4 is 10.1 Å². The van der Waals surface area contributed by atoms with Crippen molar-refractivity contribution in [3.8, 4) is 5.75 Å². The van der Waals surface area contributed by atoms with Crippen LogP contribution in [0, 0.1) is 0 Å². The van der Waals surface area contributed by atoms with Crippen LogP contribution in [0.15, 0.2) is 16.6 Å². The summed E-state index contributed by atoms with van der Waals surface area (Å²) in [5.74, 6) is 1.12. The molecular formula is C16H22BrNOS. The van der Waals surface area contributed by atoms with Gasteiger partial charge in [0.1, 0.15) is 5.75 Å². The molecule has 2 unspecified atom stereocenters. The van der Waals surface area contributed by atoms with Crippen molar-refractivity contribution >= 4 is 27.7 Å². The zero-order chi connectivity index (χ0) is 13.9. The number of hydrogen-bond donors (Lipinski definition) is 1. The van der Waals surface area contributed by atoms with E-state index in [1.54, 1.807) is 0 Å². The van der Waals surface area contributed by atoms with Crippen LogP contribution in [0.25, 0.3) is 0 Å². The highest BCUT2D eigenvalue weighted by Gasteiger charge is 2.25. The van der Waals surface area contributed by atoms with E-state index in [0.29, 0.717) is 6.04 Å². The lowest BCUT2D eigenvalue weighted by Gasteiger charge is -2.31. The molecule has 1 aliphatic carbocycles. The number of benzene rings is 1. The average Bonchev–Trinajstić information content (AvgIpc) is 2.93. The summed E-state index contributed by atoms with van der Waals surface area (Å²) >= 11 is 5.63. The summed E-state index contributed by atoms with van der Waals surface area (Å²) in [6.07, 6.45) is 8.69. The van der Waals surface area contributed by atoms with Gasteiger partial charge in [0.25, 0.3) is 0 Å². The Morgan fingerprint density at radius 2 is 2.20 bits per heavy atom. The van der Waals surface area contributed by atoms with E-state index in [1.807, 2.05) is 11.8 Å². The standard InChI is InChI=1S/C16H22BrNOS/c1-20-15-5-3-2-4-14(15)18-10-12-9-13(17)8-11-6-7-19-16(11)12/h8-9,14-15,18H,2-7,10H2,1H3. The Bertz CT molecular complexity index is 480. The maximum atomic E-state index is 5.81. The van der Waals surface area contributed by atoms with Gasteiger partial charge in [-0.1, -0.05) is 28.8 Å². The van der Waals surface area contributed by atoms with Crippen molar-refractivity contribution in [2.45, 2.75) is 49.9 Å². The minimum absolute atomic E-state index is 0.648. The van der Waals surface area contributed by atoms with E-state index in [2.05, 4.69) is 39.6 Å². The maximum absolute atomic E-state index is 5.81. The summed E-state index contributed by atoms with van der Waals surface area (Å²) in [5, 5.41) is 4.54. The Morgan fingerprint density at radius 1 is 1.35 bits per heavy atom. The van der Waals surface area contributed by atoms with Gasteiger partial charge in [0.15, 0.2) is 0 Å². The second-order valence-electron chi connectivity index (χ2n) is 5.70. The molecule has 0 bridgehead atoms. The van der Waals surface area contributed by atoms with Crippen molar-refractivity contribution in [2.75, 3.05) is 12.9 Å². The number of rotatable bonds is 4. The molecule has 2 atom stereocenters. The lowest BCUT2D eigenvalue weighted by Crippen LogP contribution is -2.40. The average molecular weight is 356 g/mol. The molecule has 1 aliphatic heterocycles. The highest BCUT2D eigenvalue weighted by Crippen LogP contribution is 2.33. The zero-order valence-electron chi connectivity index (χ0n) is 12.0. The number of nitrogens with one attached hydrogen (secondary N) is 1. The summed E-state index contributed by atoms with van der Waals surface area (Å²) in [7, 11) is 0. The Hall–Kier alpha value is -0.190. The number of thioether (sulfide) groups is 1. The molecule has 0 amide bonds. The lowest BCUT2D eigenvalue weighted by molar-refractivity contribution is 0.346. The summed E-state index contributed by atoms with van der Waals surface area (Å²) < 4.78 is 6.98. The van der Waals surface area contributed by atoms with Crippen molar-refractivity contribution in [2.24, 2.45) is 0 Å². The fraction of sp³-hybridized carbons (Fsp3) is 0.625. The topological polar surface area (TPSA) is 21.3 Å². The van der Waals surface area contributed by atoms with Crippen molar-refractivity contribution in [3.63, 3.8) is 0 Å². The molecule has 0 radical (unpaired) electrons. The molecule has 1 aromatic carbocycles. The van der Waals surface area contributed by atoms with Crippen LogP contribution >= 0.6 is 27.7 Å². The molecule has 0 spiro atoms. The van der Waals surface area contributed by atoms with Crippen molar-refractivity contribution in [1.82, 2.24) is 5.32 Å². The van der Waals surface area contributed by atoms with E-state index in [-0.39, 0.29) is 0 Å². The van der Waals surface area contributed by atoms with Crippen LogP contribution in [0.1, 0.15) is 36.8 Å². The van der Waals surface area contributed by atoms with Gasteiger partial charge < -0.3 is 10.1 Å². The molecule has 2 aliphatic rings. The third-order valence-corrected chi connectivity index (χ3v) is 6.01. The van der Waals surface area contributed by atoms with E-state index in [9.17, 15) is 0 Å². The zero-order valence-corrected chi connectivity index (χ0v) is 14.4. The molecule has 2 nitrogen and oxygen atoms in total. The normalized spacial score (nSPS) is 25.3. The minimum Gasteiger partial charge on any atom is -0.493 e. The largest absolute Gasteiger partial charge is 0.493 e. The van der Waals surface area contributed by atoms with Gasteiger partial charge in [0.05, 0.1) is 6.61 Å². The van der Waals surface area contributed by atoms with Crippen molar-refractivity contribution < 1.29 is 4.74 Å². The smallest absolute Gasteiger partial charge is 0.127 e. The molecule has 1 aromatic rings. The van der Waals surface area contributed by atoms with Gasteiger partial charge in [-0.05, 0) is 36.8 Å². The number of hydrogen-bond acceptors (Lipinski definition) is 3. The third-order valence-electron chi connectivity index (χ3n) is 4.39. The first-order valence-corrected chi connectivity index (χ1v) is 9.56. The SMILES string of the molecule is CSC1CCCCC1NCc1cc(Br)cc2c1OCC2. The van der Waals surface area contributed by atoms with Gasteiger partial charge in [-0.2, -0.15) is 11.8 Å². The molecule has 1 N–H and O–H groups in total. The molecule has 0 saturated heterocycles. The quantitative estimate of drug-likeness (QED) is 0.876. The predicted molar refractivity (Wildman–Crippen MR) is 89.7 cm³/mol. The molecule has 1 fully saturated rings. The summed E-state index contributed by atoms with van der Waals surface area (Å²) in [6.45, 7) is 1.75. The minimum atomic E-state index is 0.648. The van der Waals surface area contributed by atoms with Gasteiger partial charge in [-0.25, -0.2) is 0 Å². The van der Waals surface area contributed by atoms with Gasteiger partial charge in [-0.3, -0.25) is 0 Å². The van der Waals surface area contributed by atoms with E-state index in [0.717, 1.165) is 30.6 Å².